The van der Waals surface area contributed by atoms with Crippen LogP contribution in [0.4, 0.5) is 0 Å². The predicted molar refractivity (Wildman–Crippen MR) is 88.8 cm³/mol. The molecule has 1 saturated heterocycles. The van der Waals surface area contributed by atoms with Crippen LogP contribution in [0.3, 0.4) is 0 Å². The number of aromatic amines is 1. The molecule has 24 heavy (non-hydrogen) atoms. The number of aromatic nitrogens is 4. The fourth-order valence-corrected chi connectivity index (χ4v) is 3.83. The second-order valence-corrected chi connectivity index (χ2v) is 7.22. The quantitative estimate of drug-likeness (QED) is 0.790. The zero-order valence-electron chi connectivity index (χ0n) is 13.2. The highest BCUT2D eigenvalue weighted by molar-refractivity contribution is 7.15. The first-order valence-electron chi connectivity index (χ1n) is 7.88. The lowest BCUT2D eigenvalue weighted by atomic mass is 9.96. The second kappa shape index (κ2) is 6.20. The number of hydrogen-bond acceptors (Lipinski definition) is 6. The third-order valence-corrected chi connectivity index (χ3v) is 5.36. The number of H-pyrrole nitrogens is 1. The van der Waals surface area contributed by atoms with E-state index in [1.807, 2.05) is 17.0 Å². The Kier molecular flexibility index (Phi) is 3.89. The Morgan fingerprint density at radius 1 is 1.38 bits per heavy atom. The molecule has 8 heteroatoms. The maximum atomic E-state index is 12.6. The predicted octanol–water partition coefficient (Wildman–Crippen LogP) is 2.85. The lowest BCUT2D eigenvalue weighted by Crippen LogP contribution is -2.38. The molecular weight excluding hydrogens is 326 g/mol. The van der Waals surface area contributed by atoms with Crippen molar-refractivity contribution in [2.45, 2.75) is 25.7 Å². The van der Waals surface area contributed by atoms with Crippen molar-refractivity contribution < 1.29 is 9.32 Å². The van der Waals surface area contributed by atoms with Crippen LogP contribution in [0.1, 0.15) is 39.9 Å². The lowest BCUT2D eigenvalue weighted by molar-refractivity contribution is 0.0704. The van der Waals surface area contributed by atoms with Gasteiger partial charge in [0.1, 0.15) is 0 Å². The number of rotatable bonds is 3. The minimum atomic E-state index is -0.0302. The summed E-state index contributed by atoms with van der Waals surface area (Å²) in [7, 11) is 0. The zero-order valence-corrected chi connectivity index (χ0v) is 14.0. The van der Waals surface area contributed by atoms with Gasteiger partial charge in [0.15, 0.2) is 11.5 Å². The van der Waals surface area contributed by atoms with Crippen molar-refractivity contribution in [1.29, 1.82) is 0 Å². The number of nitrogens with zero attached hydrogens (tertiary/aromatic N) is 4. The van der Waals surface area contributed by atoms with E-state index >= 15 is 0 Å². The molecule has 3 aromatic rings. The number of aryl methyl sites for hydroxylation is 1. The van der Waals surface area contributed by atoms with Crippen molar-refractivity contribution >= 4 is 17.2 Å². The highest BCUT2D eigenvalue weighted by atomic mass is 32.1. The van der Waals surface area contributed by atoms with Crippen LogP contribution in [0.2, 0.25) is 0 Å². The Balaban J connectivity index is 1.42. The summed E-state index contributed by atoms with van der Waals surface area (Å²) in [5.74, 6) is 0.964. The van der Waals surface area contributed by atoms with E-state index in [1.54, 1.807) is 11.3 Å². The topological polar surface area (TPSA) is 87.9 Å². The van der Waals surface area contributed by atoms with Crippen LogP contribution in [0, 0.1) is 6.92 Å². The van der Waals surface area contributed by atoms with E-state index in [2.05, 4.69) is 33.3 Å². The van der Waals surface area contributed by atoms with E-state index in [4.69, 9.17) is 4.52 Å². The van der Waals surface area contributed by atoms with Crippen molar-refractivity contribution in [3.63, 3.8) is 0 Å². The molecule has 0 unspecified atom stereocenters. The van der Waals surface area contributed by atoms with E-state index in [9.17, 15) is 4.79 Å². The first kappa shape index (κ1) is 15.1. The van der Waals surface area contributed by atoms with Gasteiger partial charge in [0.25, 0.3) is 5.91 Å². The first-order valence-corrected chi connectivity index (χ1v) is 8.70. The van der Waals surface area contributed by atoms with E-state index in [1.165, 1.54) is 11.3 Å². The lowest BCUT2D eigenvalue weighted by Gasteiger charge is -2.30. The standard InChI is InChI=1S/C16H17N5O2S/c1-10-2-3-14(24-10)12-8-13(19-18-12)16(22)21-6-4-11(5-7-21)15-17-9-23-20-15/h2-3,8-9,11H,4-7H2,1H3,(H,18,19). The fourth-order valence-electron chi connectivity index (χ4n) is 3.00. The largest absolute Gasteiger partial charge is 0.343 e. The summed E-state index contributed by atoms with van der Waals surface area (Å²) < 4.78 is 4.80. The highest BCUT2D eigenvalue weighted by Gasteiger charge is 2.27. The van der Waals surface area contributed by atoms with Crippen molar-refractivity contribution in [3.8, 4) is 10.6 Å². The molecule has 1 fully saturated rings. The molecule has 4 heterocycles. The van der Waals surface area contributed by atoms with Crippen molar-refractivity contribution in [1.82, 2.24) is 25.2 Å². The molecule has 0 aliphatic carbocycles. The van der Waals surface area contributed by atoms with Crippen LogP contribution in [0.15, 0.2) is 29.1 Å². The minimum absolute atomic E-state index is 0.0302. The number of amides is 1. The number of thiophene rings is 1. The smallest absolute Gasteiger partial charge is 0.274 e. The Morgan fingerprint density at radius 3 is 2.88 bits per heavy atom. The van der Waals surface area contributed by atoms with Gasteiger partial charge in [0.2, 0.25) is 6.39 Å². The van der Waals surface area contributed by atoms with Gasteiger partial charge in [0.05, 0.1) is 10.6 Å². The molecule has 0 spiro atoms. The van der Waals surface area contributed by atoms with Crippen LogP contribution in [-0.2, 0) is 0 Å². The van der Waals surface area contributed by atoms with Gasteiger partial charge in [-0.2, -0.15) is 10.1 Å². The van der Waals surface area contributed by atoms with Crippen LogP contribution in [0.5, 0.6) is 0 Å². The minimum Gasteiger partial charge on any atom is -0.343 e. The van der Waals surface area contributed by atoms with Crippen molar-refractivity contribution in [2.24, 2.45) is 0 Å². The molecule has 0 aromatic carbocycles. The van der Waals surface area contributed by atoms with Gasteiger partial charge < -0.3 is 9.42 Å². The van der Waals surface area contributed by atoms with Gasteiger partial charge in [-0.25, -0.2) is 0 Å². The molecule has 1 amide bonds. The van der Waals surface area contributed by atoms with Gasteiger partial charge in [-0.3, -0.25) is 9.89 Å². The molecule has 0 bridgehead atoms. The first-order chi connectivity index (χ1) is 11.7. The van der Waals surface area contributed by atoms with Crippen LogP contribution in [0.25, 0.3) is 10.6 Å². The third-order valence-electron chi connectivity index (χ3n) is 4.33. The molecule has 1 N–H and O–H groups in total. The van der Waals surface area contributed by atoms with E-state index in [0.29, 0.717) is 18.8 Å². The summed E-state index contributed by atoms with van der Waals surface area (Å²) in [6, 6.07) is 5.93. The number of carbonyl (C=O) groups is 1. The highest BCUT2D eigenvalue weighted by Crippen LogP contribution is 2.28. The molecule has 124 valence electrons. The van der Waals surface area contributed by atoms with E-state index in [0.717, 1.165) is 29.2 Å². The number of nitrogens with one attached hydrogen (secondary N) is 1. The molecule has 4 rings (SSSR count). The van der Waals surface area contributed by atoms with Crippen LogP contribution < -0.4 is 0 Å². The van der Waals surface area contributed by atoms with Crippen molar-refractivity contribution in [2.75, 3.05) is 13.1 Å². The average Bonchev–Trinajstić information content (AvgIpc) is 3.35. The summed E-state index contributed by atoms with van der Waals surface area (Å²) >= 11 is 1.68. The van der Waals surface area contributed by atoms with Gasteiger partial charge in [-0.1, -0.05) is 5.16 Å². The summed E-state index contributed by atoms with van der Waals surface area (Å²) in [6.07, 6.45) is 3.03. The number of hydrogen-bond donors (Lipinski definition) is 1. The van der Waals surface area contributed by atoms with Gasteiger partial charge >= 0.3 is 0 Å². The zero-order chi connectivity index (χ0) is 16.5. The molecule has 1 aliphatic rings. The number of likely N-dealkylation sites (tertiary alicyclic amines) is 1. The third kappa shape index (κ3) is 2.84. The van der Waals surface area contributed by atoms with E-state index in [-0.39, 0.29) is 11.8 Å². The summed E-state index contributed by atoms with van der Waals surface area (Å²) in [6.45, 7) is 3.42. The monoisotopic (exact) mass is 343 g/mol. The SMILES string of the molecule is Cc1ccc(-c2cc(C(=O)N3CCC(c4ncon4)CC3)n[nH]2)s1. The maximum absolute atomic E-state index is 12.6. The summed E-state index contributed by atoms with van der Waals surface area (Å²) in [5.41, 5.74) is 1.35. The molecular formula is C16H17N5O2S. The summed E-state index contributed by atoms with van der Waals surface area (Å²) in [5, 5.41) is 11.1. The molecule has 0 radical (unpaired) electrons. The Morgan fingerprint density at radius 2 is 2.21 bits per heavy atom. The van der Waals surface area contributed by atoms with Gasteiger partial charge in [0, 0.05) is 23.9 Å². The fraction of sp³-hybridized carbons (Fsp3) is 0.375. The molecule has 7 nitrogen and oxygen atoms in total. The molecule has 0 saturated carbocycles. The Bertz CT molecular complexity index is 830. The Hall–Kier alpha value is -2.48. The second-order valence-electron chi connectivity index (χ2n) is 5.93. The maximum Gasteiger partial charge on any atom is 0.274 e. The molecule has 1 aliphatic heterocycles. The van der Waals surface area contributed by atoms with Gasteiger partial charge in [-0.05, 0) is 38.0 Å². The number of carbonyl (C=O) groups excluding carboxylic acids is 1. The van der Waals surface area contributed by atoms with E-state index < -0.39 is 0 Å². The van der Waals surface area contributed by atoms with Crippen LogP contribution >= 0.6 is 11.3 Å². The van der Waals surface area contributed by atoms with Crippen molar-refractivity contribution in [3.05, 3.63) is 41.0 Å². The normalized spacial score (nSPS) is 15.8. The average molecular weight is 343 g/mol. The Labute approximate surface area is 142 Å². The number of piperidine rings is 1. The molecule has 3 aromatic heterocycles. The van der Waals surface area contributed by atoms with Gasteiger partial charge in [-0.15, -0.1) is 11.3 Å². The molecule has 0 atom stereocenters. The van der Waals surface area contributed by atoms with Crippen LogP contribution in [-0.4, -0.2) is 44.2 Å². The summed E-state index contributed by atoms with van der Waals surface area (Å²) in [4.78, 5) is 20.9.